The first kappa shape index (κ1) is 58.8. The van der Waals surface area contributed by atoms with Gasteiger partial charge in [0.1, 0.15) is 0 Å². The highest BCUT2D eigenvalue weighted by atomic mass is 17.1. The highest BCUT2D eigenvalue weighted by molar-refractivity contribution is 4.36. The average Bonchev–Trinajstić information content (AvgIpc) is 2.21. The molecule has 0 saturated carbocycles. The second-order valence-corrected chi connectivity index (χ2v) is 2.48. The maximum absolute atomic E-state index is 7.77. The molecule has 0 bridgehead atoms. The number of likely N-dealkylation sites (N-methyl/N-ethyl adjacent to an activating group) is 1. The van der Waals surface area contributed by atoms with Crippen LogP contribution in [-0.4, -0.2) is 72.3 Å². The van der Waals surface area contributed by atoms with Gasteiger partial charge in [-0.1, -0.05) is 29.2 Å². The van der Waals surface area contributed by atoms with E-state index in [0.29, 0.717) is 19.8 Å². The molecule has 0 aliphatic carbocycles. The molecule has 0 fully saturated rings. The van der Waals surface area contributed by atoms with Gasteiger partial charge in [0, 0.05) is 6.54 Å². The molecule has 0 spiro atoms. The number of hydrogen-bond acceptors (Lipinski definition) is 6. The van der Waals surface area contributed by atoms with Gasteiger partial charge in [0.25, 0.3) is 0 Å². The largest absolute Gasteiger partial charge is 0.412 e. The van der Waals surface area contributed by atoms with Gasteiger partial charge in [-0.3, -0.25) is 10.5 Å². The Balaban J connectivity index is -0.0000000147. The van der Waals surface area contributed by atoms with E-state index in [4.69, 9.17) is 10.5 Å². The summed E-state index contributed by atoms with van der Waals surface area (Å²) in [5, 5.41) is 21.4. The molecule has 10 heteroatoms. The molecule has 0 saturated heterocycles. The van der Waals surface area contributed by atoms with E-state index in [1.807, 2.05) is 14.0 Å². The Kier molecular flexibility index (Phi) is 206. The number of rotatable bonds is 8. The summed E-state index contributed by atoms with van der Waals surface area (Å²) in [7, 11) is 1.86. The minimum Gasteiger partial charge on any atom is -0.412 e. The number of hydrogen-bond donors (Lipinski definition) is 4. The molecular formula is C11H42N2O8. The first-order valence-electron chi connectivity index (χ1n) is 4.71. The molecule has 0 radical (unpaired) electrons. The Labute approximate surface area is 129 Å². The van der Waals surface area contributed by atoms with E-state index in [0.717, 1.165) is 19.5 Å². The highest BCUT2D eigenvalue weighted by Gasteiger charge is 1.80. The predicted molar refractivity (Wildman–Crippen MR) is 88.9 cm³/mol. The maximum Gasteiger partial charge on any atom is 0.0944 e. The van der Waals surface area contributed by atoms with Crippen molar-refractivity contribution in [3.63, 3.8) is 0 Å². The van der Waals surface area contributed by atoms with Gasteiger partial charge in [-0.05, 0) is 26.6 Å². The van der Waals surface area contributed by atoms with Crippen molar-refractivity contribution >= 4 is 0 Å². The van der Waals surface area contributed by atoms with Crippen molar-refractivity contribution in [3.8, 4) is 0 Å². The third-order valence-corrected chi connectivity index (χ3v) is 1.28. The highest BCUT2D eigenvalue weighted by Crippen LogP contribution is 1.73. The monoisotopic (exact) mass is 330 g/mol. The van der Waals surface area contributed by atoms with Gasteiger partial charge in [0.15, 0.2) is 0 Å². The van der Waals surface area contributed by atoms with Crippen molar-refractivity contribution in [3.05, 3.63) is 0 Å². The summed E-state index contributed by atoms with van der Waals surface area (Å²) in [5.41, 5.74) is 0. The lowest BCUT2D eigenvalue weighted by Crippen LogP contribution is -2.17. The summed E-state index contributed by atoms with van der Waals surface area (Å²) in [5.74, 6) is 0. The molecule has 0 rings (SSSR count). The molecule has 0 unspecified atom stereocenters. The normalized spacial score (nSPS) is 6.29. The standard InChI is InChI=1S/2C4H11NO2.3CH4.4H2O/c1-5-3-2-4-7-6;1-2-5-3-4-7-6;;;;;;;/h2*5-6H,2-4H2,1H3;3*1H4;4*1H2. The van der Waals surface area contributed by atoms with E-state index in [2.05, 4.69) is 20.4 Å². The van der Waals surface area contributed by atoms with Gasteiger partial charge in [-0.25, -0.2) is 9.78 Å². The SMILES string of the molecule is C.C.C.CCNCCOO.CNCCCOO.O.O.O.O. The molecule has 0 amide bonds. The molecule has 0 aliphatic heterocycles. The minimum atomic E-state index is 0. The fraction of sp³-hybridized carbons (Fsp3) is 1.00. The lowest BCUT2D eigenvalue weighted by atomic mass is 10.5. The van der Waals surface area contributed by atoms with E-state index in [9.17, 15) is 0 Å². The summed E-state index contributed by atoms with van der Waals surface area (Å²) in [6.45, 7) is 5.31. The van der Waals surface area contributed by atoms with Crippen LogP contribution in [0.2, 0.25) is 0 Å². The topological polar surface area (TPSA) is 209 Å². The molecule has 12 N–H and O–H groups in total. The third-order valence-electron chi connectivity index (χ3n) is 1.28. The van der Waals surface area contributed by atoms with Gasteiger partial charge >= 0.3 is 0 Å². The van der Waals surface area contributed by atoms with E-state index >= 15 is 0 Å². The van der Waals surface area contributed by atoms with Gasteiger partial charge < -0.3 is 32.5 Å². The quantitative estimate of drug-likeness (QED) is 0.243. The van der Waals surface area contributed by atoms with Crippen molar-refractivity contribution < 1.29 is 42.2 Å². The molecule has 0 aromatic rings. The first-order valence-corrected chi connectivity index (χ1v) is 4.71. The zero-order valence-electron chi connectivity index (χ0n) is 11.0. The van der Waals surface area contributed by atoms with Crippen molar-refractivity contribution in [2.75, 3.05) is 39.9 Å². The van der Waals surface area contributed by atoms with Crippen LogP contribution < -0.4 is 10.6 Å². The minimum absolute atomic E-state index is 0. The number of nitrogens with one attached hydrogen (secondary N) is 2. The van der Waals surface area contributed by atoms with Gasteiger partial charge in [-0.2, -0.15) is 0 Å². The van der Waals surface area contributed by atoms with Gasteiger partial charge in [0.05, 0.1) is 13.2 Å². The Morgan fingerprint density at radius 3 is 1.52 bits per heavy atom. The Bertz CT molecular complexity index is 76.6. The second-order valence-electron chi connectivity index (χ2n) is 2.48. The summed E-state index contributed by atoms with van der Waals surface area (Å²) < 4.78 is 0. The van der Waals surface area contributed by atoms with E-state index in [1.165, 1.54) is 0 Å². The zero-order chi connectivity index (χ0) is 11.1. The van der Waals surface area contributed by atoms with Crippen LogP contribution in [0.5, 0.6) is 0 Å². The summed E-state index contributed by atoms with van der Waals surface area (Å²) >= 11 is 0. The molecule has 0 atom stereocenters. The fourth-order valence-corrected chi connectivity index (χ4v) is 0.608. The van der Waals surface area contributed by atoms with Crippen LogP contribution in [0.3, 0.4) is 0 Å². The Morgan fingerprint density at radius 1 is 0.810 bits per heavy atom. The van der Waals surface area contributed by atoms with Crippen molar-refractivity contribution in [2.45, 2.75) is 35.6 Å². The molecule has 0 aliphatic rings. The van der Waals surface area contributed by atoms with Crippen molar-refractivity contribution in [1.82, 2.24) is 10.6 Å². The molecule has 0 aromatic heterocycles. The smallest absolute Gasteiger partial charge is 0.0944 e. The molecule has 21 heavy (non-hydrogen) atoms. The lowest BCUT2D eigenvalue weighted by Gasteiger charge is -1.94. The lowest BCUT2D eigenvalue weighted by molar-refractivity contribution is -0.242. The van der Waals surface area contributed by atoms with Crippen LogP contribution in [0.15, 0.2) is 0 Å². The molecule has 0 heterocycles. The molecule has 144 valence electrons. The predicted octanol–water partition coefficient (Wildman–Crippen LogP) is -1.22. The van der Waals surface area contributed by atoms with Crippen LogP contribution >= 0.6 is 0 Å². The van der Waals surface area contributed by atoms with Crippen LogP contribution in [0, 0.1) is 0 Å². The molecule has 10 nitrogen and oxygen atoms in total. The molecule has 0 aromatic carbocycles. The average molecular weight is 330 g/mol. The van der Waals surface area contributed by atoms with E-state index in [1.54, 1.807) is 0 Å². The van der Waals surface area contributed by atoms with Gasteiger partial charge in [0.2, 0.25) is 0 Å². The van der Waals surface area contributed by atoms with Crippen LogP contribution in [-0.2, 0) is 9.78 Å². The van der Waals surface area contributed by atoms with Crippen LogP contribution in [0.25, 0.3) is 0 Å². The summed E-state index contributed by atoms with van der Waals surface area (Å²) in [6, 6.07) is 0. The first-order chi connectivity index (χ1) is 6.83. The van der Waals surface area contributed by atoms with Crippen LogP contribution in [0.4, 0.5) is 0 Å². The van der Waals surface area contributed by atoms with Crippen molar-refractivity contribution in [1.29, 1.82) is 0 Å². The second kappa shape index (κ2) is 73.6. The van der Waals surface area contributed by atoms with Crippen molar-refractivity contribution in [2.24, 2.45) is 0 Å². The van der Waals surface area contributed by atoms with E-state index in [-0.39, 0.29) is 44.2 Å². The summed E-state index contributed by atoms with van der Waals surface area (Å²) in [4.78, 5) is 7.59. The Hall–Kier alpha value is -0.400. The maximum atomic E-state index is 7.77. The van der Waals surface area contributed by atoms with Crippen LogP contribution in [0.1, 0.15) is 35.6 Å². The summed E-state index contributed by atoms with van der Waals surface area (Å²) in [6.07, 6.45) is 0.854. The zero-order valence-corrected chi connectivity index (χ0v) is 11.0. The fourth-order valence-electron chi connectivity index (χ4n) is 0.608. The third kappa shape index (κ3) is 105. The molecular weight excluding hydrogens is 288 g/mol. The van der Waals surface area contributed by atoms with Gasteiger partial charge in [-0.15, -0.1) is 0 Å². The Morgan fingerprint density at radius 2 is 1.24 bits per heavy atom. The van der Waals surface area contributed by atoms with E-state index < -0.39 is 0 Å².